The molecule has 2 atom stereocenters. The quantitative estimate of drug-likeness (QED) is 0.768. The Labute approximate surface area is 94.0 Å². The Morgan fingerprint density at radius 2 is 2.40 bits per heavy atom. The molecule has 1 amide bonds. The largest absolute Gasteiger partial charge is 0.481 e. The molecule has 4 nitrogen and oxygen atoms in total. The van der Waals surface area contributed by atoms with Gasteiger partial charge in [-0.05, 0) is 12.7 Å². The lowest BCUT2D eigenvalue weighted by atomic mass is 10.1. The molecular formula is C10H17NO3S. The average Bonchev–Trinajstić information content (AvgIpc) is 2.57. The Hall–Kier alpha value is -0.710. The van der Waals surface area contributed by atoms with Crippen LogP contribution in [-0.4, -0.2) is 46.0 Å². The molecule has 0 bridgehead atoms. The van der Waals surface area contributed by atoms with Gasteiger partial charge in [0.25, 0.3) is 0 Å². The number of thioether (sulfide) groups is 1. The van der Waals surface area contributed by atoms with Crippen molar-refractivity contribution in [1.29, 1.82) is 0 Å². The van der Waals surface area contributed by atoms with E-state index >= 15 is 0 Å². The van der Waals surface area contributed by atoms with Gasteiger partial charge in [0, 0.05) is 24.8 Å². The molecule has 0 aromatic rings. The molecule has 1 fully saturated rings. The molecule has 0 spiro atoms. The van der Waals surface area contributed by atoms with Crippen molar-refractivity contribution in [2.75, 3.05) is 18.1 Å². The normalized spacial score (nSPS) is 23.2. The van der Waals surface area contributed by atoms with E-state index in [1.807, 2.05) is 6.92 Å². The van der Waals surface area contributed by atoms with Gasteiger partial charge in [-0.3, -0.25) is 9.59 Å². The van der Waals surface area contributed by atoms with Gasteiger partial charge in [-0.1, -0.05) is 6.92 Å². The van der Waals surface area contributed by atoms with Crippen LogP contribution in [0.2, 0.25) is 0 Å². The van der Waals surface area contributed by atoms with Crippen LogP contribution in [0.25, 0.3) is 0 Å². The highest BCUT2D eigenvalue weighted by Crippen LogP contribution is 2.21. The fraction of sp³-hybridized carbons (Fsp3) is 0.800. The molecule has 0 saturated carbocycles. The number of aliphatic carboxylic acids is 1. The summed E-state index contributed by atoms with van der Waals surface area (Å²) < 4.78 is 0. The van der Waals surface area contributed by atoms with Crippen LogP contribution >= 0.6 is 11.8 Å². The molecular weight excluding hydrogens is 214 g/mol. The van der Waals surface area contributed by atoms with Crippen LogP contribution in [0.15, 0.2) is 0 Å². The van der Waals surface area contributed by atoms with E-state index in [0.717, 1.165) is 11.5 Å². The second-order valence-corrected chi connectivity index (χ2v) is 5.11. The summed E-state index contributed by atoms with van der Waals surface area (Å²) in [5.41, 5.74) is 0. The standard InChI is InChI=1S/C10H17NO3S/c1-3-15-6-7(2)11-5-8(10(13)14)4-9(11)12/h7-8H,3-6H2,1-2H3,(H,13,14). The molecule has 0 aliphatic carbocycles. The minimum absolute atomic E-state index is 0.0217. The van der Waals surface area contributed by atoms with E-state index in [1.165, 1.54) is 0 Å². The lowest BCUT2D eigenvalue weighted by molar-refractivity contribution is -0.141. The van der Waals surface area contributed by atoms with Gasteiger partial charge in [-0.25, -0.2) is 0 Å². The first kappa shape index (κ1) is 12.4. The molecule has 86 valence electrons. The molecule has 1 heterocycles. The van der Waals surface area contributed by atoms with Crippen LogP contribution in [0.5, 0.6) is 0 Å². The second-order valence-electron chi connectivity index (χ2n) is 3.79. The zero-order valence-corrected chi connectivity index (χ0v) is 9.92. The van der Waals surface area contributed by atoms with Gasteiger partial charge in [0.15, 0.2) is 0 Å². The van der Waals surface area contributed by atoms with E-state index in [-0.39, 0.29) is 18.4 Å². The molecule has 0 aromatic heterocycles. The molecule has 2 unspecified atom stereocenters. The van der Waals surface area contributed by atoms with Crippen molar-refractivity contribution in [3.63, 3.8) is 0 Å². The third kappa shape index (κ3) is 3.12. The van der Waals surface area contributed by atoms with Crippen molar-refractivity contribution in [3.05, 3.63) is 0 Å². The summed E-state index contributed by atoms with van der Waals surface area (Å²) in [4.78, 5) is 24.0. The van der Waals surface area contributed by atoms with Gasteiger partial charge < -0.3 is 10.0 Å². The number of rotatable bonds is 5. The zero-order valence-electron chi connectivity index (χ0n) is 9.10. The van der Waals surface area contributed by atoms with Gasteiger partial charge in [0.05, 0.1) is 5.92 Å². The van der Waals surface area contributed by atoms with Crippen molar-refractivity contribution >= 4 is 23.6 Å². The average molecular weight is 231 g/mol. The summed E-state index contributed by atoms with van der Waals surface area (Å²) in [5.74, 6) is 0.517. The SMILES string of the molecule is CCSCC(C)N1CC(C(=O)O)CC1=O. The van der Waals surface area contributed by atoms with E-state index < -0.39 is 11.9 Å². The predicted octanol–water partition coefficient (Wildman–Crippen LogP) is 1.06. The molecule has 1 aliphatic rings. The first-order chi connectivity index (χ1) is 7.06. The Morgan fingerprint density at radius 1 is 1.73 bits per heavy atom. The van der Waals surface area contributed by atoms with Crippen LogP contribution in [0.4, 0.5) is 0 Å². The van der Waals surface area contributed by atoms with Gasteiger partial charge in [0.1, 0.15) is 0 Å². The van der Waals surface area contributed by atoms with E-state index in [1.54, 1.807) is 16.7 Å². The summed E-state index contributed by atoms with van der Waals surface area (Å²) in [7, 11) is 0. The molecule has 1 rings (SSSR count). The number of carboxylic acid groups (broad SMARTS) is 1. The maximum absolute atomic E-state index is 11.5. The van der Waals surface area contributed by atoms with Crippen molar-refractivity contribution in [2.45, 2.75) is 26.3 Å². The van der Waals surface area contributed by atoms with Crippen molar-refractivity contribution < 1.29 is 14.7 Å². The number of amides is 1. The summed E-state index contributed by atoms with van der Waals surface area (Å²) in [6, 6.07) is 0.145. The van der Waals surface area contributed by atoms with Crippen LogP contribution in [0.3, 0.4) is 0 Å². The zero-order chi connectivity index (χ0) is 11.4. The summed E-state index contributed by atoms with van der Waals surface area (Å²) in [6.07, 6.45) is 0.163. The molecule has 1 N–H and O–H groups in total. The summed E-state index contributed by atoms with van der Waals surface area (Å²) in [6.45, 7) is 4.42. The summed E-state index contributed by atoms with van der Waals surface area (Å²) in [5, 5.41) is 8.82. The first-order valence-corrected chi connectivity index (χ1v) is 6.31. The third-order valence-electron chi connectivity index (χ3n) is 2.60. The van der Waals surface area contributed by atoms with Gasteiger partial charge in [0.2, 0.25) is 5.91 Å². The minimum Gasteiger partial charge on any atom is -0.481 e. The number of nitrogens with zero attached hydrogens (tertiary/aromatic N) is 1. The lowest BCUT2D eigenvalue weighted by Crippen LogP contribution is -2.36. The summed E-state index contributed by atoms with van der Waals surface area (Å²) >= 11 is 1.77. The number of carbonyl (C=O) groups excluding carboxylic acids is 1. The number of hydrogen-bond donors (Lipinski definition) is 1. The van der Waals surface area contributed by atoms with Crippen LogP contribution < -0.4 is 0 Å². The number of carbonyl (C=O) groups is 2. The van der Waals surface area contributed by atoms with Crippen molar-refractivity contribution in [1.82, 2.24) is 4.90 Å². The highest BCUT2D eigenvalue weighted by molar-refractivity contribution is 7.99. The number of carboxylic acids is 1. The van der Waals surface area contributed by atoms with Crippen molar-refractivity contribution in [3.8, 4) is 0 Å². The lowest BCUT2D eigenvalue weighted by Gasteiger charge is -2.23. The van der Waals surface area contributed by atoms with Gasteiger partial charge in [-0.2, -0.15) is 11.8 Å². The Balaban J connectivity index is 2.49. The Morgan fingerprint density at radius 3 is 2.87 bits per heavy atom. The van der Waals surface area contributed by atoms with Gasteiger partial charge >= 0.3 is 5.97 Å². The Kier molecular flexibility index (Phi) is 4.45. The third-order valence-corrected chi connectivity index (χ3v) is 3.73. The fourth-order valence-corrected chi connectivity index (χ4v) is 2.46. The minimum atomic E-state index is -0.860. The first-order valence-electron chi connectivity index (χ1n) is 5.16. The fourth-order valence-electron chi connectivity index (χ4n) is 1.70. The number of hydrogen-bond acceptors (Lipinski definition) is 3. The van der Waals surface area contributed by atoms with E-state index in [2.05, 4.69) is 6.92 Å². The van der Waals surface area contributed by atoms with Crippen LogP contribution in [-0.2, 0) is 9.59 Å². The molecule has 0 radical (unpaired) electrons. The predicted molar refractivity (Wildman–Crippen MR) is 59.9 cm³/mol. The topological polar surface area (TPSA) is 57.6 Å². The highest BCUT2D eigenvalue weighted by atomic mass is 32.2. The number of likely N-dealkylation sites (tertiary alicyclic amines) is 1. The van der Waals surface area contributed by atoms with E-state index in [4.69, 9.17) is 5.11 Å². The molecule has 15 heavy (non-hydrogen) atoms. The maximum Gasteiger partial charge on any atom is 0.308 e. The van der Waals surface area contributed by atoms with E-state index in [0.29, 0.717) is 6.54 Å². The van der Waals surface area contributed by atoms with Crippen molar-refractivity contribution in [2.24, 2.45) is 5.92 Å². The molecule has 1 saturated heterocycles. The Bertz CT molecular complexity index is 257. The maximum atomic E-state index is 11.5. The van der Waals surface area contributed by atoms with E-state index in [9.17, 15) is 9.59 Å². The molecule has 0 aromatic carbocycles. The van der Waals surface area contributed by atoms with Gasteiger partial charge in [-0.15, -0.1) is 0 Å². The highest BCUT2D eigenvalue weighted by Gasteiger charge is 2.36. The molecule has 1 aliphatic heterocycles. The molecule has 5 heteroatoms. The monoisotopic (exact) mass is 231 g/mol. The van der Waals surface area contributed by atoms with Crippen LogP contribution in [0, 0.1) is 5.92 Å². The van der Waals surface area contributed by atoms with Crippen LogP contribution in [0.1, 0.15) is 20.3 Å². The smallest absolute Gasteiger partial charge is 0.308 e. The second kappa shape index (κ2) is 5.39.